The Kier molecular flexibility index (Phi) is 2.92. The molecule has 1 atom stereocenters. The van der Waals surface area contributed by atoms with Crippen molar-refractivity contribution in [3.8, 4) is 0 Å². The largest absolute Gasteiger partial charge is 0.327 e. The van der Waals surface area contributed by atoms with Gasteiger partial charge in [-0.05, 0) is 12.5 Å². The zero-order valence-corrected chi connectivity index (χ0v) is 8.85. The minimum atomic E-state index is 0.184. The van der Waals surface area contributed by atoms with E-state index in [-0.39, 0.29) is 6.04 Å². The summed E-state index contributed by atoms with van der Waals surface area (Å²) in [6, 6.07) is 8.22. The van der Waals surface area contributed by atoms with Gasteiger partial charge in [-0.25, -0.2) is 9.97 Å². The van der Waals surface area contributed by atoms with Crippen LogP contribution in [-0.4, -0.2) is 16.0 Å². The Hall–Kier alpha value is -1.48. The van der Waals surface area contributed by atoms with Crippen LogP contribution in [0.25, 0.3) is 10.9 Å². The third kappa shape index (κ3) is 2.13. The summed E-state index contributed by atoms with van der Waals surface area (Å²) in [6.45, 7) is 2.09. The van der Waals surface area contributed by atoms with Crippen LogP contribution >= 0.6 is 0 Å². The molecule has 0 saturated carbocycles. The Morgan fingerprint density at radius 1 is 1.27 bits per heavy atom. The third-order valence-electron chi connectivity index (χ3n) is 2.61. The molecule has 1 heterocycles. The second-order valence-corrected chi connectivity index (χ2v) is 3.71. The van der Waals surface area contributed by atoms with Crippen LogP contribution in [0.3, 0.4) is 0 Å². The van der Waals surface area contributed by atoms with Gasteiger partial charge in [-0.15, -0.1) is 0 Å². The van der Waals surface area contributed by atoms with E-state index in [1.807, 2.05) is 24.3 Å². The summed E-state index contributed by atoms with van der Waals surface area (Å²) < 4.78 is 0. The monoisotopic (exact) mass is 201 g/mol. The number of para-hydroxylation sites is 1. The van der Waals surface area contributed by atoms with Gasteiger partial charge in [0.1, 0.15) is 6.33 Å². The number of hydrogen-bond donors (Lipinski definition) is 1. The number of fused-ring (bicyclic) bond motifs is 1. The molecule has 0 radical (unpaired) electrons. The fourth-order valence-corrected chi connectivity index (χ4v) is 1.62. The first-order valence-corrected chi connectivity index (χ1v) is 5.25. The summed E-state index contributed by atoms with van der Waals surface area (Å²) in [7, 11) is 0. The standard InChI is InChI=1S/C12H15N3/c1-2-9(13)7-12-10-5-3-4-6-11(10)14-8-15-12/h3-6,8-9H,2,7,13H2,1H3. The summed E-state index contributed by atoms with van der Waals surface area (Å²) in [5.74, 6) is 0. The van der Waals surface area contributed by atoms with Crippen LogP contribution in [0.4, 0.5) is 0 Å². The molecule has 0 aliphatic rings. The molecule has 0 amide bonds. The van der Waals surface area contributed by atoms with Crippen LogP contribution < -0.4 is 5.73 Å². The van der Waals surface area contributed by atoms with Gasteiger partial charge in [-0.3, -0.25) is 0 Å². The highest BCUT2D eigenvalue weighted by Gasteiger charge is 2.06. The Labute approximate surface area is 89.4 Å². The molecule has 2 N–H and O–H groups in total. The Morgan fingerprint density at radius 3 is 2.87 bits per heavy atom. The number of benzene rings is 1. The van der Waals surface area contributed by atoms with Crippen LogP contribution in [0.15, 0.2) is 30.6 Å². The van der Waals surface area contributed by atoms with E-state index in [1.54, 1.807) is 6.33 Å². The molecule has 0 spiro atoms. The normalized spacial score (nSPS) is 12.9. The molecule has 3 nitrogen and oxygen atoms in total. The summed E-state index contributed by atoms with van der Waals surface area (Å²) in [6.07, 6.45) is 3.40. The molecule has 1 unspecified atom stereocenters. The van der Waals surface area contributed by atoms with Gasteiger partial charge in [0, 0.05) is 17.8 Å². The van der Waals surface area contributed by atoms with E-state index in [2.05, 4.69) is 16.9 Å². The quantitative estimate of drug-likeness (QED) is 0.825. The molecule has 78 valence electrons. The molecule has 1 aromatic heterocycles. The topological polar surface area (TPSA) is 51.8 Å². The maximum atomic E-state index is 5.94. The average molecular weight is 201 g/mol. The highest BCUT2D eigenvalue weighted by molar-refractivity contribution is 5.80. The van der Waals surface area contributed by atoms with Crippen molar-refractivity contribution < 1.29 is 0 Å². The minimum Gasteiger partial charge on any atom is -0.327 e. The van der Waals surface area contributed by atoms with Crippen LogP contribution in [0.1, 0.15) is 19.0 Å². The molecular formula is C12H15N3. The van der Waals surface area contributed by atoms with Crippen molar-refractivity contribution in [3.63, 3.8) is 0 Å². The Morgan fingerprint density at radius 2 is 2.07 bits per heavy atom. The van der Waals surface area contributed by atoms with Gasteiger partial charge in [0.25, 0.3) is 0 Å². The Balaban J connectivity index is 2.42. The summed E-state index contributed by atoms with van der Waals surface area (Å²) >= 11 is 0. The molecule has 0 fully saturated rings. The van der Waals surface area contributed by atoms with Crippen LogP contribution in [0.2, 0.25) is 0 Å². The number of aromatic nitrogens is 2. The van der Waals surface area contributed by atoms with E-state index in [0.29, 0.717) is 0 Å². The summed E-state index contributed by atoms with van der Waals surface area (Å²) in [5, 5.41) is 1.11. The predicted octanol–water partition coefficient (Wildman–Crippen LogP) is 1.91. The van der Waals surface area contributed by atoms with Gasteiger partial charge in [0.15, 0.2) is 0 Å². The van der Waals surface area contributed by atoms with Gasteiger partial charge in [0.2, 0.25) is 0 Å². The fourth-order valence-electron chi connectivity index (χ4n) is 1.62. The van der Waals surface area contributed by atoms with E-state index in [0.717, 1.165) is 29.4 Å². The number of nitrogens with two attached hydrogens (primary N) is 1. The lowest BCUT2D eigenvalue weighted by atomic mass is 10.1. The summed E-state index contributed by atoms with van der Waals surface area (Å²) in [5.41, 5.74) is 7.98. The lowest BCUT2D eigenvalue weighted by molar-refractivity contribution is 0.639. The molecule has 0 bridgehead atoms. The minimum absolute atomic E-state index is 0.184. The maximum Gasteiger partial charge on any atom is 0.116 e. The van der Waals surface area contributed by atoms with Gasteiger partial charge in [-0.1, -0.05) is 25.1 Å². The first-order valence-electron chi connectivity index (χ1n) is 5.25. The van der Waals surface area contributed by atoms with Crippen molar-refractivity contribution in [3.05, 3.63) is 36.3 Å². The second kappa shape index (κ2) is 4.36. The number of rotatable bonds is 3. The van der Waals surface area contributed by atoms with Crippen LogP contribution in [0.5, 0.6) is 0 Å². The van der Waals surface area contributed by atoms with Crippen molar-refractivity contribution in [1.82, 2.24) is 9.97 Å². The smallest absolute Gasteiger partial charge is 0.116 e. The van der Waals surface area contributed by atoms with Crippen molar-refractivity contribution in [2.24, 2.45) is 5.73 Å². The van der Waals surface area contributed by atoms with Gasteiger partial charge in [0.05, 0.1) is 11.2 Å². The van der Waals surface area contributed by atoms with Crippen LogP contribution in [0, 0.1) is 0 Å². The number of hydrogen-bond acceptors (Lipinski definition) is 3. The molecule has 1 aromatic carbocycles. The zero-order chi connectivity index (χ0) is 10.7. The summed E-state index contributed by atoms with van der Waals surface area (Å²) in [4.78, 5) is 8.53. The van der Waals surface area contributed by atoms with Crippen molar-refractivity contribution in [2.75, 3.05) is 0 Å². The third-order valence-corrected chi connectivity index (χ3v) is 2.61. The number of nitrogens with zero attached hydrogens (tertiary/aromatic N) is 2. The lowest BCUT2D eigenvalue weighted by Gasteiger charge is -2.09. The molecule has 2 rings (SSSR count). The lowest BCUT2D eigenvalue weighted by Crippen LogP contribution is -2.22. The highest BCUT2D eigenvalue weighted by Crippen LogP contribution is 2.15. The first kappa shape index (κ1) is 10.1. The van der Waals surface area contributed by atoms with E-state index >= 15 is 0 Å². The second-order valence-electron chi connectivity index (χ2n) is 3.71. The molecule has 0 aliphatic carbocycles. The van der Waals surface area contributed by atoms with Crippen molar-refractivity contribution in [2.45, 2.75) is 25.8 Å². The first-order chi connectivity index (χ1) is 7.31. The highest BCUT2D eigenvalue weighted by atomic mass is 14.8. The maximum absolute atomic E-state index is 5.94. The van der Waals surface area contributed by atoms with E-state index in [9.17, 15) is 0 Å². The SMILES string of the molecule is CCC(N)Cc1ncnc2ccccc12. The molecule has 0 saturated heterocycles. The molecular weight excluding hydrogens is 186 g/mol. The van der Waals surface area contributed by atoms with Crippen molar-refractivity contribution >= 4 is 10.9 Å². The molecule has 0 aliphatic heterocycles. The fraction of sp³-hybridized carbons (Fsp3) is 0.333. The molecule has 2 aromatic rings. The predicted molar refractivity (Wildman–Crippen MR) is 61.5 cm³/mol. The van der Waals surface area contributed by atoms with Gasteiger partial charge in [-0.2, -0.15) is 0 Å². The van der Waals surface area contributed by atoms with E-state index in [1.165, 1.54) is 0 Å². The van der Waals surface area contributed by atoms with Gasteiger partial charge < -0.3 is 5.73 Å². The van der Waals surface area contributed by atoms with Gasteiger partial charge >= 0.3 is 0 Å². The molecule has 15 heavy (non-hydrogen) atoms. The van der Waals surface area contributed by atoms with E-state index in [4.69, 9.17) is 5.73 Å². The molecule has 3 heteroatoms. The van der Waals surface area contributed by atoms with Crippen LogP contribution in [-0.2, 0) is 6.42 Å². The van der Waals surface area contributed by atoms with E-state index < -0.39 is 0 Å². The Bertz CT molecular complexity index is 448. The average Bonchev–Trinajstić information content (AvgIpc) is 2.29. The zero-order valence-electron chi connectivity index (χ0n) is 8.85. The van der Waals surface area contributed by atoms with Crippen molar-refractivity contribution in [1.29, 1.82) is 0 Å².